The van der Waals surface area contributed by atoms with Gasteiger partial charge in [-0.25, -0.2) is 0 Å². The van der Waals surface area contributed by atoms with Gasteiger partial charge in [0.1, 0.15) is 5.75 Å². The number of hydrogen-bond acceptors (Lipinski definition) is 8. The lowest BCUT2D eigenvalue weighted by molar-refractivity contribution is -0.113. The van der Waals surface area contributed by atoms with E-state index in [2.05, 4.69) is 20.8 Å². The number of carbonyl (C=O) groups is 1. The summed E-state index contributed by atoms with van der Waals surface area (Å²) in [6.07, 6.45) is 2.46. The molecule has 25 heavy (non-hydrogen) atoms. The molecule has 0 spiro atoms. The summed E-state index contributed by atoms with van der Waals surface area (Å²) in [5.74, 6) is 0.885. The summed E-state index contributed by atoms with van der Waals surface area (Å²) >= 11 is 2.81. The standard InChI is InChI=1S/C16H20N4O3S2/c1-22-12-5-2-4-11(8-12)18-14(21)10-24-16-20-19-15(25-16)17-9-13-6-3-7-23-13/h2,4-5,8,13H,3,6-7,9-10H2,1H3,(H,17,19)(H,18,21)/t13-/m0/s1. The fourth-order valence-corrected chi connectivity index (χ4v) is 3.93. The van der Waals surface area contributed by atoms with Gasteiger partial charge in [0.25, 0.3) is 0 Å². The highest BCUT2D eigenvalue weighted by Crippen LogP contribution is 2.26. The third-order valence-corrected chi connectivity index (χ3v) is 5.61. The highest BCUT2D eigenvalue weighted by Gasteiger charge is 2.16. The zero-order valence-corrected chi connectivity index (χ0v) is 15.5. The summed E-state index contributed by atoms with van der Waals surface area (Å²) < 4.78 is 11.5. The average molecular weight is 380 g/mol. The number of amides is 1. The van der Waals surface area contributed by atoms with Crippen molar-refractivity contribution in [1.82, 2.24) is 10.2 Å². The molecule has 0 aliphatic carbocycles. The monoisotopic (exact) mass is 380 g/mol. The first kappa shape index (κ1) is 18.0. The van der Waals surface area contributed by atoms with Crippen molar-refractivity contribution in [3.63, 3.8) is 0 Å². The van der Waals surface area contributed by atoms with Gasteiger partial charge in [0.15, 0.2) is 4.34 Å². The van der Waals surface area contributed by atoms with Crippen LogP contribution < -0.4 is 15.4 Å². The lowest BCUT2D eigenvalue weighted by atomic mass is 10.2. The van der Waals surface area contributed by atoms with Crippen molar-refractivity contribution in [1.29, 1.82) is 0 Å². The van der Waals surface area contributed by atoms with Crippen LogP contribution in [0.2, 0.25) is 0 Å². The summed E-state index contributed by atoms with van der Waals surface area (Å²) in [5.41, 5.74) is 0.709. The van der Waals surface area contributed by atoms with E-state index in [0.29, 0.717) is 11.4 Å². The Morgan fingerprint density at radius 3 is 3.20 bits per heavy atom. The Bertz CT molecular complexity index is 704. The lowest BCUT2D eigenvalue weighted by Gasteiger charge is -2.08. The van der Waals surface area contributed by atoms with E-state index in [0.717, 1.165) is 35.5 Å². The molecule has 7 nitrogen and oxygen atoms in total. The van der Waals surface area contributed by atoms with Crippen molar-refractivity contribution < 1.29 is 14.3 Å². The second-order valence-electron chi connectivity index (χ2n) is 5.46. The smallest absolute Gasteiger partial charge is 0.234 e. The maximum absolute atomic E-state index is 12.0. The molecule has 0 unspecified atom stereocenters. The number of rotatable bonds is 8. The molecule has 0 saturated carbocycles. The number of anilines is 2. The number of thioether (sulfide) groups is 1. The Balaban J connectivity index is 1.42. The van der Waals surface area contributed by atoms with E-state index in [1.54, 1.807) is 13.2 Å². The van der Waals surface area contributed by atoms with Gasteiger partial charge in [0.2, 0.25) is 11.0 Å². The van der Waals surface area contributed by atoms with Crippen LogP contribution in [0.15, 0.2) is 28.6 Å². The van der Waals surface area contributed by atoms with Crippen LogP contribution >= 0.6 is 23.1 Å². The molecule has 9 heteroatoms. The first-order valence-electron chi connectivity index (χ1n) is 7.98. The van der Waals surface area contributed by atoms with Gasteiger partial charge in [0, 0.05) is 24.9 Å². The highest BCUT2D eigenvalue weighted by atomic mass is 32.2. The van der Waals surface area contributed by atoms with Crippen LogP contribution in [0, 0.1) is 0 Å². The number of benzene rings is 1. The van der Waals surface area contributed by atoms with Crippen LogP contribution in [0.1, 0.15) is 12.8 Å². The van der Waals surface area contributed by atoms with Gasteiger partial charge in [-0.15, -0.1) is 10.2 Å². The molecule has 2 N–H and O–H groups in total. The van der Waals surface area contributed by atoms with E-state index >= 15 is 0 Å². The molecule has 1 aliphatic rings. The molecular formula is C16H20N4O3S2. The number of nitrogens with one attached hydrogen (secondary N) is 2. The van der Waals surface area contributed by atoms with Crippen molar-refractivity contribution in [3.05, 3.63) is 24.3 Å². The largest absolute Gasteiger partial charge is 0.497 e. The quantitative estimate of drug-likeness (QED) is 0.681. The number of nitrogens with zero attached hydrogens (tertiary/aromatic N) is 2. The minimum Gasteiger partial charge on any atom is -0.497 e. The first-order valence-corrected chi connectivity index (χ1v) is 9.79. The maximum Gasteiger partial charge on any atom is 0.234 e. The fourth-order valence-electron chi connectivity index (χ4n) is 2.37. The van der Waals surface area contributed by atoms with Gasteiger partial charge >= 0.3 is 0 Å². The highest BCUT2D eigenvalue weighted by molar-refractivity contribution is 8.01. The molecule has 2 aromatic rings. The lowest BCUT2D eigenvalue weighted by Crippen LogP contribution is -2.18. The predicted octanol–water partition coefficient (Wildman–Crippen LogP) is 2.87. The Hall–Kier alpha value is -1.84. The van der Waals surface area contributed by atoms with E-state index in [1.165, 1.54) is 23.1 Å². The zero-order chi connectivity index (χ0) is 17.5. The number of aromatic nitrogens is 2. The van der Waals surface area contributed by atoms with Crippen LogP contribution in [0.25, 0.3) is 0 Å². The van der Waals surface area contributed by atoms with Crippen molar-refractivity contribution in [2.24, 2.45) is 0 Å². The van der Waals surface area contributed by atoms with Crippen molar-refractivity contribution in [2.45, 2.75) is 23.3 Å². The minimum atomic E-state index is -0.0951. The van der Waals surface area contributed by atoms with Crippen LogP contribution in [0.5, 0.6) is 5.75 Å². The van der Waals surface area contributed by atoms with Gasteiger partial charge in [-0.1, -0.05) is 29.2 Å². The third-order valence-electron chi connectivity index (χ3n) is 3.59. The molecule has 1 aromatic carbocycles. The van der Waals surface area contributed by atoms with Crippen LogP contribution in [-0.4, -0.2) is 48.2 Å². The normalized spacial score (nSPS) is 16.6. The molecule has 0 radical (unpaired) electrons. The SMILES string of the molecule is COc1cccc(NC(=O)CSc2nnc(NC[C@@H]3CCCO3)s2)c1. The molecular weight excluding hydrogens is 360 g/mol. The maximum atomic E-state index is 12.0. The van der Waals surface area contributed by atoms with Crippen LogP contribution in [0.4, 0.5) is 10.8 Å². The zero-order valence-electron chi connectivity index (χ0n) is 13.9. The van der Waals surface area contributed by atoms with Gasteiger partial charge in [-0.05, 0) is 25.0 Å². The van der Waals surface area contributed by atoms with Gasteiger partial charge in [-0.3, -0.25) is 4.79 Å². The second-order valence-corrected chi connectivity index (χ2v) is 7.66. The predicted molar refractivity (Wildman–Crippen MR) is 99.7 cm³/mol. The van der Waals surface area contributed by atoms with Crippen molar-refractivity contribution in [2.75, 3.05) is 36.6 Å². The van der Waals surface area contributed by atoms with E-state index in [-0.39, 0.29) is 17.8 Å². The van der Waals surface area contributed by atoms with E-state index in [9.17, 15) is 4.79 Å². The average Bonchev–Trinajstić information content (AvgIpc) is 3.30. The van der Waals surface area contributed by atoms with Crippen molar-refractivity contribution >= 4 is 39.8 Å². The molecule has 1 atom stereocenters. The molecule has 2 heterocycles. The Labute approximate surface area is 154 Å². The Morgan fingerprint density at radius 1 is 1.48 bits per heavy atom. The second kappa shape index (κ2) is 9.02. The molecule has 1 aliphatic heterocycles. The van der Waals surface area contributed by atoms with Crippen LogP contribution in [-0.2, 0) is 9.53 Å². The summed E-state index contributed by atoms with van der Waals surface area (Å²) in [4.78, 5) is 12.0. The van der Waals surface area contributed by atoms with E-state index in [4.69, 9.17) is 9.47 Å². The van der Waals surface area contributed by atoms with Crippen LogP contribution in [0.3, 0.4) is 0 Å². The number of carbonyl (C=O) groups excluding carboxylic acids is 1. The fraction of sp³-hybridized carbons (Fsp3) is 0.438. The molecule has 1 aromatic heterocycles. The molecule has 1 amide bonds. The Morgan fingerprint density at radius 2 is 2.40 bits per heavy atom. The number of hydrogen-bond donors (Lipinski definition) is 2. The summed E-state index contributed by atoms with van der Waals surface area (Å²) in [6.45, 7) is 1.58. The summed E-state index contributed by atoms with van der Waals surface area (Å²) in [6, 6.07) is 7.26. The summed E-state index contributed by atoms with van der Waals surface area (Å²) in [7, 11) is 1.59. The summed E-state index contributed by atoms with van der Waals surface area (Å²) in [5, 5.41) is 15.0. The molecule has 3 rings (SSSR count). The molecule has 1 fully saturated rings. The van der Waals surface area contributed by atoms with E-state index in [1.807, 2.05) is 18.2 Å². The molecule has 134 valence electrons. The number of ether oxygens (including phenoxy) is 2. The topological polar surface area (TPSA) is 85.4 Å². The Kier molecular flexibility index (Phi) is 6.48. The van der Waals surface area contributed by atoms with E-state index < -0.39 is 0 Å². The minimum absolute atomic E-state index is 0.0951. The molecule has 1 saturated heterocycles. The number of methoxy groups -OCH3 is 1. The third kappa shape index (κ3) is 5.58. The first-order chi connectivity index (χ1) is 12.2. The van der Waals surface area contributed by atoms with Gasteiger partial charge < -0.3 is 20.1 Å². The van der Waals surface area contributed by atoms with Crippen molar-refractivity contribution in [3.8, 4) is 5.75 Å². The van der Waals surface area contributed by atoms with Gasteiger partial charge in [-0.2, -0.15) is 0 Å². The van der Waals surface area contributed by atoms with Gasteiger partial charge in [0.05, 0.1) is 19.0 Å². The molecule has 0 bridgehead atoms.